The maximum atomic E-state index is 6.13. The highest BCUT2D eigenvalue weighted by molar-refractivity contribution is 6.30. The second-order valence-corrected chi connectivity index (χ2v) is 4.78. The lowest BCUT2D eigenvalue weighted by molar-refractivity contribution is 0.664. The van der Waals surface area contributed by atoms with E-state index in [2.05, 4.69) is 4.98 Å². The van der Waals surface area contributed by atoms with Crippen molar-refractivity contribution in [3.05, 3.63) is 58.7 Å². The van der Waals surface area contributed by atoms with Crippen LogP contribution in [0.25, 0.3) is 0 Å². The Balaban J connectivity index is 2.01. The first-order valence-corrected chi connectivity index (χ1v) is 6.22. The molecular formula is C14H16ClN3. The molecule has 2 rings (SSSR count). The molecule has 0 radical (unpaired) electrons. The number of anilines is 1. The third-order valence-corrected chi connectivity index (χ3v) is 3.03. The van der Waals surface area contributed by atoms with E-state index in [-0.39, 0.29) is 6.04 Å². The Morgan fingerprint density at radius 2 is 2.00 bits per heavy atom. The van der Waals surface area contributed by atoms with Crippen LogP contribution in [0.2, 0.25) is 5.02 Å². The van der Waals surface area contributed by atoms with Crippen molar-refractivity contribution in [2.24, 2.45) is 5.73 Å². The second kappa shape index (κ2) is 5.85. The van der Waals surface area contributed by atoms with Crippen molar-refractivity contribution in [2.75, 3.05) is 5.73 Å². The van der Waals surface area contributed by atoms with Gasteiger partial charge in [0.1, 0.15) is 5.82 Å². The second-order valence-electron chi connectivity index (χ2n) is 4.35. The minimum absolute atomic E-state index is 0.00923. The Labute approximate surface area is 112 Å². The fraction of sp³-hybridized carbons (Fsp3) is 0.214. The Bertz CT molecular complexity index is 528. The molecule has 0 aliphatic carbocycles. The summed E-state index contributed by atoms with van der Waals surface area (Å²) in [5.41, 5.74) is 14.1. The summed E-state index contributed by atoms with van der Waals surface area (Å²) in [7, 11) is 0. The molecule has 94 valence electrons. The molecule has 18 heavy (non-hydrogen) atoms. The van der Waals surface area contributed by atoms with Crippen molar-refractivity contribution in [3.8, 4) is 0 Å². The van der Waals surface area contributed by atoms with Crippen LogP contribution < -0.4 is 11.5 Å². The molecular weight excluding hydrogens is 246 g/mol. The number of pyridine rings is 1. The molecule has 1 aromatic heterocycles. The van der Waals surface area contributed by atoms with E-state index in [1.807, 2.05) is 36.4 Å². The van der Waals surface area contributed by atoms with Crippen LogP contribution in [0.4, 0.5) is 5.82 Å². The number of rotatable bonds is 4. The monoisotopic (exact) mass is 261 g/mol. The molecule has 4 N–H and O–H groups in total. The molecule has 1 aromatic carbocycles. The molecule has 3 nitrogen and oxygen atoms in total. The molecule has 0 aliphatic rings. The average Bonchev–Trinajstić information content (AvgIpc) is 2.32. The van der Waals surface area contributed by atoms with Crippen LogP contribution in [0.1, 0.15) is 11.1 Å². The van der Waals surface area contributed by atoms with E-state index < -0.39 is 0 Å². The lowest BCUT2D eigenvalue weighted by atomic mass is 10.0. The summed E-state index contributed by atoms with van der Waals surface area (Å²) in [6.45, 7) is 0. The number of halogens is 1. The lowest BCUT2D eigenvalue weighted by Gasteiger charge is -2.13. The predicted molar refractivity (Wildman–Crippen MR) is 75.5 cm³/mol. The quantitative estimate of drug-likeness (QED) is 0.888. The van der Waals surface area contributed by atoms with Gasteiger partial charge in [-0.2, -0.15) is 0 Å². The molecule has 0 spiro atoms. The highest BCUT2D eigenvalue weighted by Gasteiger charge is 2.08. The first kappa shape index (κ1) is 12.9. The smallest absolute Gasteiger partial charge is 0.126 e. The van der Waals surface area contributed by atoms with Crippen LogP contribution in [0.5, 0.6) is 0 Å². The van der Waals surface area contributed by atoms with Gasteiger partial charge in [-0.05, 0) is 42.2 Å². The zero-order chi connectivity index (χ0) is 13.0. The van der Waals surface area contributed by atoms with Crippen LogP contribution in [0, 0.1) is 0 Å². The van der Waals surface area contributed by atoms with Gasteiger partial charge in [-0.3, -0.25) is 0 Å². The van der Waals surface area contributed by atoms with Gasteiger partial charge in [-0.1, -0.05) is 29.8 Å². The molecule has 1 unspecified atom stereocenters. The van der Waals surface area contributed by atoms with Crippen molar-refractivity contribution in [1.29, 1.82) is 0 Å². The highest BCUT2D eigenvalue weighted by atomic mass is 35.5. The lowest BCUT2D eigenvalue weighted by Crippen LogP contribution is -2.26. The highest BCUT2D eigenvalue weighted by Crippen LogP contribution is 2.15. The first-order chi connectivity index (χ1) is 8.65. The van der Waals surface area contributed by atoms with E-state index in [0.717, 1.165) is 22.6 Å². The number of benzene rings is 1. The number of nitrogens with zero attached hydrogens (tertiary/aromatic N) is 1. The molecule has 0 saturated heterocycles. The zero-order valence-electron chi connectivity index (χ0n) is 10.0. The number of aromatic nitrogens is 1. The molecule has 1 heterocycles. The third-order valence-electron chi connectivity index (χ3n) is 2.80. The van der Waals surface area contributed by atoms with E-state index in [4.69, 9.17) is 23.1 Å². The van der Waals surface area contributed by atoms with E-state index in [9.17, 15) is 0 Å². The third kappa shape index (κ3) is 3.45. The molecule has 0 amide bonds. The van der Waals surface area contributed by atoms with Gasteiger partial charge in [0.05, 0.1) is 0 Å². The normalized spacial score (nSPS) is 12.3. The fourth-order valence-corrected chi connectivity index (χ4v) is 2.16. The van der Waals surface area contributed by atoms with Gasteiger partial charge in [-0.25, -0.2) is 4.98 Å². The Kier molecular flexibility index (Phi) is 4.18. The zero-order valence-corrected chi connectivity index (χ0v) is 10.8. The summed E-state index contributed by atoms with van der Waals surface area (Å²) in [5, 5.41) is 0.737. The minimum Gasteiger partial charge on any atom is -0.383 e. The van der Waals surface area contributed by atoms with E-state index >= 15 is 0 Å². The maximum Gasteiger partial charge on any atom is 0.126 e. The van der Waals surface area contributed by atoms with Crippen LogP contribution in [-0.2, 0) is 12.8 Å². The van der Waals surface area contributed by atoms with Crippen LogP contribution >= 0.6 is 11.6 Å². The summed E-state index contributed by atoms with van der Waals surface area (Å²) < 4.78 is 0. The van der Waals surface area contributed by atoms with Gasteiger partial charge in [0, 0.05) is 17.3 Å². The van der Waals surface area contributed by atoms with Crippen molar-refractivity contribution in [2.45, 2.75) is 18.9 Å². The van der Waals surface area contributed by atoms with Crippen LogP contribution in [0.15, 0.2) is 42.6 Å². The standard InChI is InChI=1S/C14H16ClN3/c15-12-5-1-3-10(7-12)8-13(16)9-11-4-2-6-18-14(11)17/h1-7,13H,8-9,16H2,(H2,17,18). The molecule has 0 aliphatic heterocycles. The Morgan fingerprint density at radius 3 is 2.72 bits per heavy atom. The van der Waals surface area contributed by atoms with E-state index in [1.54, 1.807) is 6.20 Å². The SMILES string of the molecule is Nc1ncccc1CC(N)Cc1cccc(Cl)c1. The summed E-state index contributed by atoms with van der Waals surface area (Å²) >= 11 is 5.94. The molecule has 0 saturated carbocycles. The largest absolute Gasteiger partial charge is 0.383 e. The van der Waals surface area contributed by atoms with Crippen molar-refractivity contribution in [3.63, 3.8) is 0 Å². The van der Waals surface area contributed by atoms with Crippen molar-refractivity contribution in [1.82, 2.24) is 4.98 Å². The molecule has 1 atom stereocenters. The summed E-state index contributed by atoms with van der Waals surface area (Å²) in [4.78, 5) is 4.05. The number of nitrogen functional groups attached to an aromatic ring is 1. The van der Waals surface area contributed by atoms with Crippen LogP contribution in [0.3, 0.4) is 0 Å². The average molecular weight is 262 g/mol. The number of hydrogen-bond donors (Lipinski definition) is 2. The van der Waals surface area contributed by atoms with Gasteiger partial charge in [-0.15, -0.1) is 0 Å². The Morgan fingerprint density at radius 1 is 1.17 bits per heavy atom. The van der Waals surface area contributed by atoms with Gasteiger partial charge < -0.3 is 11.5 Å². The molecule has 0 fully saturated rings. The maximum absolute atomic E-state index is 6.13. The van der Waals surface area contributed by atoms with Crippen LogP contribution in [-0.4, -0.2) is 11.0 Å². The van der Waals surface area contributed by atoms with E-state index in [1.165, 1.54) is 0 Å². The summed E-state index contributed by atoms with van der Waals surface area (Å²) in [6, 6.07) is 11.6. The topological polar surface area (TPSA) is 64.9 Å². The predicted octanol–water partition coefficient (Wildman–Crippen LogP) is 2.43. The van der Waals surface area contributed by atoms with E-state index in [0.29, 0.717) is 12.2 Å². The molecule has 0 bridgehead atoms. The number of nitrogens with two attached hydrogens (primary N) is 2. The van der Waals surface area contributed by atoms with Crippen molar-refractivity contribution < 1.29 is 0 Å². The number of hydrogen-bond acceptors (Lipinski definition) is 3. The minimum atomic E-state index is 0.00923. The Hall–Kier alpha value is -1.58. The van der Waals surface area contributed by atoms with Gasteiger partial charge in [0.25, 0.3) is 0 Å². The molecule has 4 heteroatoms. The summed E-state index contributed by atoms with van der Waals surface area (Å²) in [6.07, 6.45) is 3.17. The first-order valence-electron chi connectivity index (χ1n) is 5.84. The fourth-order valence-electron chi connectivity index (χ4n) is 1.94. The molecule has 2 aromatic rings. The van der Waals surface area contributed by atoms with Gasteiger partial charge >= 0.3 is 0 Å². The summed E-state index contributed by atoms with van der Waals surface area (Å²) in [5.74, 6) is 0.555. The van der Waals surface area contributed by atoms with Gasteiger partial charge in [0.15, 0.2) is 0 Å². The van der Waals surface area contributed by atoms with Gasteiger partial charge in [0.2, 0.25) is 0 Å². The van der Waals surface area contributed by atoms with Crippen molar-refractivity contribution >= 4 is 17.4 Å².